The van der Waals surface area contributed by atoms with E-state index in [2.05, 4.69) is 5.32 Å². The lowest BCUT2D eigenvalue weighted by molar-refractivity contribution is -0.144. The molecule has 1 atom stereocenters. The number of carbonyl (C=O) groups is 2. The normalized spacial score (nSPS) is 11.8. The number of nitrogens with one attached hydrogen (secondary N) is 1. The average molecular weight is 338 g/mol. The highest BCUT2D eigenvalue weighted by Crippen LogP contribution is 2.25. The summed E-state index contributed by atoms with van der Waals surface area (Å²) in [7, 11) is 0. The Kier molecular flexibility index (Phi) is 6.75. The molecular formula is C21H26N2O2. The van der Waals surface area contributed by atoms with Gasteiger partial charge >= 0.3 is 0 Å². The minimum atomic E-state index is -0.642. The van der Waals surface area contributed by atoms with Gasteiger partial charge in [0.1, 0.15) is 6.04 Å². The zero-order chi connectivity index (χ0) is 18.2. The molecule has 0 radical (unpaired) electrons. The SMILES string of the molecule is CCNC(=O)[C@H](c1ccccc1)N(Cc1ccccc1)C(=O)C(C)C. The highest BCUT2D eigenvalue weighted by atomic mass is 16.2. The molecule has 0 aliphatic heterocycles. The first kappa shape index (κ1) is 18.7. The van der Waals surface area contributed by atoms with Crippen molar-refractivity contribution in [3.63, 3.8) is 0 Å². The molecule has 0 saturated carbocycles. The Hall–Kier alpha value is -2.62. The van der Waals surface area contributed by atoms with E-state index in [1.165, 1.54) is 0 Å². The van der Waals surface area contributed by atoms with Gasteiger partial charge in [-0.3, -0.25) is 9.59 Å². The molecule has 2 aromatic rings. The second-order valence-corrected chi connectivity index (χ2v) is 6.31. The first-order valence-electron chi connectivity index (χ1n) is 8.71. The molecule has 25 heavy (non-hydrogen) atoms. The molecule has 2 rings (SSSR count). The topological polar surface area (TPSA) is 49.4 Å². The van der Waals surface area contributed by atoms with Gasteiger partial charge in [0.05, 0.1) is 0 Å². The molecule has 2 amide bonds. The molecule has 132 valence electrons. The minimum absolute atomic E-state index is 0.0380. The lowest BCUT2D eigenvalue weighted by Gasteiger charge is -2.32. The second-order valence-electron chi connectivity index (χ2n) is 6.31. The van der Waals surface area contributed by atoms with Crippen LogP contribution in [0.2, 0.25) is 0 Å². The van der Waals surface area contributed by atoms with Crippen LogP contribution in [0.4, 0.5) is 0 Å². The average Bonchev–Trinajstić information content (AvgIpc) is 2.62. The van der Waals surface area contributed by atoms with Crippen LogP contribution in [0.1, 0.15) is 37.9 Å². The maximum absolute atomic E-state index is 12.9. The molecule has 0 saturated heterocycles. The number of amides is 2. The van der Waals surface area contributed by atoms with Gasteiger partial charge in [-0.25, -0.2) is 0 Å². The van der Waals surface area contributed by atoms with Crippen LogP contribution in [0.15, 0.2) is 60.7 Å². The third-order valence-corrected chi connectivity index (χ3v) is 4.00. The Labute approximate surface area is 149 Å². The van der Waals surface area contributed by atoms with Gasteiger partial charge in [0, 0.05) is 19.0 Å². The van der Waals surface area contributed by atoms with Crippen LogP contribution in [-0.2, 0) is 16.1 Å². The number of carbonyl (C=O) groups excluding carboxylic acids is 2. The largest absolute Gasteiger partial charge is 0.354 e. The van der Waals surface area contributed by atoms with E-state index >= 15 is 0 Å². The van der Waals surface area contributed by atoms with E-state index in [-0.39, 0.29) is 17.7 Å². The first-order chi connectivity index (χ1) is 12.0. The van der Waals surface area contributed by atoms with Gasteiger partial charge in [-0.15, -0.1) is 0 Å². The molecule has 0 fully saturated rings. The molecule has 0 heterocycles. The molecule has 0 aromatic heterocycles. The Morgan fingerprint density at radius 3 is 2.04 bits per heavy atom. The predicted octanol–water partition coefficient (Wildman–Crippen LogP) is 3.55. The maximum atomic E-state index is 12.9. The standard InChI is InChI=1S/C21H26N2O2/c1-4-22-20(24)19(18-13-9-6-10-14-18)23(21(25)16(2)3)15-17-11-7-5-8-12-17/h5-14,16,19H,4,15H2,1-3H3,(H,22,24)/t19-/m0/s1. The van der Waals surface area contributed by atoms with Gasteiger partial charge < -0.3 is 10.2 Å². The van der Waals surface area contributed by atoms with Crippen molar-refractivity contribution in [2.75, 3.05) is 6.54 Å². The Morgan fingerprint density at radius 2 is 1.52 bits per heavy atom. The Balaban J connectivity index is 2.44. The summed E-state index contributed by atoms with van der Waals surface area (Å²) in [5.41, 5.74) is 1.82. The van der Waals surface area contributed by atoms with Crippen molar-refractivity contribution in [3.05, 3.63) is 71.8 Å². The fraction of sp³-hybridized carbons (Fsp3) is 0.333. The molecule has 1 N–H and O–H groups in total. The van der Waals surface area contributed by atoms with Crippen LogP contribution in [-0.4, -0.2) is 23.3 Å². The van der Waals surface area contributed by atoms with Gasteiger partial charge in [0.25, 0.3) is 0 Å². The molecule has 0 aliphatic rings. The van der Waals surface area contributed by atoms with Crippen molar-refractivity contribution in [1.82, 2.24) is 10.2 Å². The molecule has 2 aromatic carbocycles. The maximum Gasteiger partial charge on any atom is 0.247 e. The van der Waals surface area contributed by atoms with E-state index in [0.29, 0.717) is 13.1 Å². The van der Waals surface area contributed by atoms with Gasteiger partial charge in [0.2, 0.25) is 11.8 Å². The van der Waals surface area contributed by atoms with Crippen molar-refractivity contribution >= 4 is 11.8 Å². The Bertz CT molecular complexity index is 684. The molecule has 0 aliphatic carbocycles. The predicted molar refractivity (Wildman–Crippen MR) is 99.7 cm³/mol. The summed E-state index contributed by atoms with van der Waals surface area (Å²) in [5.74, 6) is -0.382. The highest BCUT2D eigenvalue weighted by Gasteiger charge is 2.32. The summed E-state index contributed by atoms with van der Waals surface area (Å²) in [6.45, 7) is 6.53. The van der Waals surface area contributed by atoms with Gasteiger partial charge in [-0.2, -0.15) is 0 Å². The monoisotopic (exact) mass is 338 g/mol. The van der Waals surface area contributed by atoms with Crippen molar-refractivity contribution in [3.8, 4) is 0 Å². The van der Waals surface area contributed by atoms with Crippen molar-refractivity contribution in [2.24, 2.45) is 5.92 Å². The molecule has 0 bridgehead atoms. The first-order valence-corrected chi connectivity index (χ1v) is 8.71. The van der Waals surface area contributed by atoms with Gasteiger partial charge in [-0.05, 0) is 18.1 Å². The van der Waals surface area contributed by atoms with Crippen molar-refractivity contribution in [1.29, 1.82) is 0 Å². The summed E-state index contributed by atoms with van der Waals surface area (Å²) < 4.78 is 0. The molecule has 0 unspecified atom stereocenters. The number of likely N-dealkylation sites (N-methyl/N-ethyl adjacent to an activating group) is 1. The Morgan fingerprint density at radius 1 is 0.960 bits per heavy atom. The van der Waals surface area contributed by atoms with E-state index in [0.717, 1.165) is 11.1 Å². The lowest BCUT2D eigenvalue weighted by atomic mass is 10.0. The molecule has 0 spiro atoms. The summed E-state index contributed by atoms with van der Waals surface area (Å²) >= 11 is 0. The minimum Gasteiger partial charge on any atom is -0.354 e. The molecule has 4 nitrogen and oxygen atoms in total. The summed E-state index contributed by atoms with van der Waals surface area (Å²) in [6, 6.07) is 18.6. The summed E-state index contributed by atoms with van der Waals surface area (Å²) in [4.78, 5) is 27.4. The number of rotatable bonds is 7. The number of hydrogen-bond donors (Lipinski definition) is 1. The number of hydrogen-bond acceptors (Lipinski definition) is 2. The van der Waals surface area contributed by atoms with Crippen LogP contribution in [0.25, 0.3) is 0 Å². The van der Waals surface area contributed by atoms with Gasteiger partial charge in [-0.1, -0.05) is 74.5 Å². The molecule has 4 heteroatoms. The van der Waals surface area contributed by atoms with E-state index in [1.54, 1.807) is 4.90 Å². The molecular weight excluding hydrogens is 312 g/mol. The summed E-state index contributed by atoms with van der Waals surface area (Å²) in [6.07, 6.45) is 0. The van der Waals surface area contributed by atoms with Gasteiger partial charge in [0.15, 0.2) is 0 Å². The smallest absolute Gasteiger partial charge is 0.247 e. The van der Waals surface area contributed by atoms with Crippen LogP contribution in [0.3, 0.4) is 0 Å². The number of benzene rings is 2. The van der Waals surface area contributed by atoms with Crippen LogP contribution in [0, 0.1) is 5.92 Å². The van der Waals surface area contributed by atoms with Crippen molar-refractivity contribution in [2.45, 2.75) is 33.4 Å². The van der Waals surface area contributed by atoms with Crippen LogP contribution >= 0.6 is 0 Å². The lowest BCUT2D eigenvalue weighted by Crippen LogP contribution is -2.44. The van der Waals surface area contributed by atoms with Crippen LogP contribution < -0.4 is 5.32 Å². The van der Waals surface area contributed by atoms with Crippen LogP contribution in [0.5, 0.6) is 0 Å². The zero-order valence-electron chi connectivity index (χ0n) is 15.1. The van der Waals surface area contributed by atoms with E-state index in [9.17, 15) is 9.59 Å². The van der Waals surface area contributed by atoms with E-state index in [1.807, 2.05) is 81.4 Å². The third-order valence-electron chi connectivity index (χ3n) is 4.00. The second kappa shape index (κ2) is 9.02. The third kappa shape index (κ3) is 4.92. The fourth-order valence-corrected chi connectivity index (χ4v) is 2.79. The van der Waals surface area contributed by atoms with E-state index < -0.39 is 6.04 Å². The highest BCUT2D eigenvalue weighted by molar-refractivity contribution is 5.89. The number of nitrogens with zero attached hydrogens (tertiary/aromatic N) is 1. The quantitative estimate of drug-likeness (QED) is 0.839. The fourth-order valence-electron chi connectivity index (χ4n) is 2.79. The van der Waals surface area contributed by atoms with Crippen molar-refractivity contribution < 1.29 is 9.59 Å². The zero-order valence-corrected chi connectivity index (χ0v) is 15.1. The summed E-state index contributed by atoms with van der Waals surface area (Å²) in [5, 5.41) is 2.87. The van der Waals surface area contributed by atoms with E-state index in [4.69, 9.17) is 0 Å².